The van der Waals surface area contributed by atoms with Gasteiger partial charge in [0.1, 0.15) is 5.54 Å². The van der Waals surface area contributed by atoms with Gasteiger partial charge in [-0.05, 0) is 26.7 Å². The molecule has 7 nitrogen and oxygen atoms in total. The van der Waals surface area contributed by atoms with Crippen LogP contribution in [0.3, 0.4) is 0 Å². The predicted octanol–water partition coefficient (Wildman–Crippen LogP) is 0.844. The molecule has 0 aliphatic carbocycles. The molecular formula is C13H25N3O4. The summed E-state index contributed by atoms with van der Waals surface area (Å²) in [4.78, 5) is 34.0. The third-order valence-electron chi connectivity index (χ3n) is 3.23. The van der Waals surface area contributed by atoms with Crippen LogP contribution >= 0.6 is 0 Å². The molecular weight excluding hydrogens is 262 g/mol. The van der Waals surface area contributed by atoms with E-state index in [4.69, 9.17) is 5.11 Å². The molecule has 0 aromatic carbocycles. The monoisotopic (exact) mass is 287 g/mol. The maximum absolute atomic E-state index is 11.6. The van der Waals surface area contributed by atoms with Crippen molar-refractivity contribution in [3.8, 4) is 0 Å². The van der Waals surface area contributed by atoms with Crippen molar-refractivity contribution in [2.45, 2.75) is 58.5 Å². The fraction of sp³-hybridized carbons (Fsp3) is 0.769. The Morgan fingerprint density at radius 1 is 1.25 bits per heavy atom. The summed E-state index contributed by atoms with van der Waals surface area (Å²) in [7, 11) is 0. The molecule has 0 aromatic rings. The number of amides is 3. The van der Waals surface area contributed by atoms with Gasteiger partial charge in [0.15, 0.2) is 0 Å². The largest absolute Gasteiger partial charge is 0.480 e. The van der Waals surface area contributed by atoms with Crippen LogP contribution in [0.25, 0.3) is 0 Å². The Labute approximate surface area is 119 Å². The van der Waals surface area contributed by atoms with Crippen LogP contribution in [-0.4, -0.2) is 41.1 Å². The minimum atomic E-state index is -1.30. The van der Waals surface area contributed by atoms with Gasteiger partial charge in [0.25, 0.3) is 0 Å². The van der Waals surface area contributed by atoms with Crippen molar-refractivity contribution < 1.29 is 19.5 Å². The summed E-state index contributed by atoms with van der Waals surface area (Å²) in [5.41, 5.74) is -1.30. The third kappa shape index (κ3) is 6.40. The average molecular weight is 287 g/mol. The number of carboxylic acids is 1. The van der Waals surface area contributed by atoms with E-state index in [2.05, 4.69) is 16.0 Å². The number of aliphatic carboxylic acids is 1. The van der Waals surface area contributed by atoms with E-state index in [1.807, 2.05) is 13.8 Å². The van der Waals surface area contributed by atoms with Gasteiger partial charge in [0.2, 0.25) is 5.91 Å². The molecule has 4 N–H and O–H groups in total. The lowest BCUT2D eigenvalue weighted by atomic mass is 10.00. The van der Waals surface area contributed by atoms with Crippen molar-refractivity contribution >= 4 is 17.9 Å². The molecule has 0 saturated carbocycles. The Kier molecular flexibility index (Phi) is 7.64. The minimum Gasteiger partial charge on any atom is -0.480 e. The normalized spacial score (nSPS) is 14.8. The van der Waals surface area contributed by atoms with Crippen LogP contribution in [0.4, 0.5) is 4.79 Å². The first-order chi connectivity index (χ1) is 9.25. The second-order valence-electron chi connectivity index (χ2n) is 5.00. The lowest BCUT2D eigenvalue weighted by Crippen LogP contribution is -2.55. The molecule has 20 heavy (non-hydrogen) atoms. The number of hydrogen-bond donors (Lipinski definition) is 4. The van der Waals surface area contributed by atoms with E-state index in [0.717, 1.165) is 6.42 Å². The van der Waals surface area contributed by atoms with E-state index in [1.54, 1.807) is 6.92 Å². The standard InChI is InChI=1S/C13H25N3O4/c1-5-9(3)15-10(17)7-8-14-12(20)16-13(4,6-2)11(18)19/h9H,5-8H2,1-4H3,(H,15,17)(H,18,19)(H2,14,16,20). The van der Waals surface area contributed by atoms with Crippen LogP contribution in [0.5, 0.6) is 0 Å². The predicted molar refractivity (Wildman–Crippen MR) is 75.4 cm³/mol. The Morgan fingerprint density at radius 3 is 2.30 bits per heavy atom. The van der Waals surface area contributed by atoms with Crippen molar-refractivity contribution in [2.75, 3.05) is 6.54 Å². The molecule has 3 amide bonds. The van der Waals surface area contributed by atoms with Gasteiger partial charge in [0.05, 0.1) is 0 Å². The van der Waals surface area contributed by atoms with Crippen LogP contribution in [0.1, 0.15) is 47.0 Å². The topological polar surface area (TPSA) is 108 Å². The number of nitrogens with one attached hydrogen (secondary N) is 3. The van der Waals surface area contributed by atoms with E-state index in [-0.39, 0.29) is 31.3 Å². The smallest absolute Gasteiger partial charge is 0.329 e. The molecule has 116 valence electrons. The summed E-state index contributed by atoms with van der Waals surface area (Å²) in [6, 6.07) is -0.486. The zero-order valence-corrected chi connectivity index (χ0v) is 12.6. The number of carbonyl (C=O) groups excluding carboxylic acids is 2. The summed E-state index contributed by atoms with van der Waals surface area (Å²) in [6.45, 7) is 7.14. The molecule has 0 bridgehead atoms. The second kappa shape index (κ2) is 8.39. The molecule has 0 aliphatic heterocycles. The summed E-state index contributed by atoms with van der Waals surface area (Å²) >= 11 is 0. The number of hydrogen-bond acceptors (Lipinski definition) is 3. The molecule has 2 unspecified atom stereocenters. The summed E-state index contributed by atoms with van der Waals surface area (Å²) in [5, 5.41) is 16.7. The first kappa shape index (κ1) is 18.2. The van der Waals surface area contributed by atoms with E-state index >= 15 is 0 Å². The van der Waals surface area contributed by atoms with Gasteiger partial charge in [-0.1, -0.05) is 13.8 Å². The summed E-state index contributed by atoms with van der Waals surface area (Å²) in [6.07, 6.45) is 1.27. The zero-order chi connectivity index (χ0) is 15.8. The maximum Gasteiger partial charge on any atom is 0.329 e. The highest BCUT2D eigenvalue weighted by Crippen LogP contribution is 2.08. The first-order valence-electron chi connectivity index (χ1n) is 6.84. The molecule has 0 aromatic heterocycles. The van der Waals surface area contributed by atoms with E-state index in [9.17, 15) is 14.4 Å². The SMILES string of the molecule is CCC(C)NC(=O)CCNC(=O)NC(C)(CC)C(=O)O. The fourth-order valence-corrected chi connectivity index (χ4v) is 1.33. The number of carbonyl (C=O) groups is 3. The molecule has 0 radical (unpaired) electrons. The van der Waals surface area contributed by atoms with Crippen molar-refractivity contribution in [2.24, 2.45) is 0 Å². The Balaban J connectivity index is 4.06. The molecule has 0 spiro atoms. The van der Waals surface area contributed by atoms with Crippen LogP contribution < -0.4 is 16.0 Å². The van der Waals surface area contributed by atoms with E-state index in [0.29, 0.717) is 0 Å². The Bertz CT molecular complexity index is 360. The van der Waals surface area contributed by atoms with Gasteiger partial charge < -0.3 is 21.1 Å². The van der Waals surface area contributed by atoms with Crippen molar-refractivity contribution in [3.63, 3.8) is 0 Å². The summed E-state index contributed by atoms with van der Waals surface area (Å²) in [5.74, 6) is -1.24. The van der Waals surface area contributed by atoms with Gasteiger partial charge in [-0.3, -0.25) is 4.79 Å². The zero-order valence-electron chi connectivity index (χ0n) is 12.6. The first-order valence-corrected chi connectivity index (χ1v) is 6.84. The van der Waals surface area contributed by atoms with Gasteiger partial charge in [-0.25, -0.2) is 9.59 Å². The molecule has 2 atom stereocenters. The lowest BCUT2D eigenvalue weighted by Gasteiger charge is -2.24. The average Bonchev–Trinajstić information content (AvgIpc) is 2.37. The van der Waals surface area contributed by atoms with Gasteiger partial charge in [-0.2, -0.15) is 0 Å². The highest BCUT2D eigenvalue weighted by Gasteiger charge is 2.32. The van der Waals surface area contributed by atoms with E-state index < -0.39 is 17.5 Å². The Morgan fingerprint density at radius 2 is 1.85 bits per heavy atom. The van der Waals surface area contributed by atoms with Gasteiger partial charge in [0, 0.05) is 19.0 Å². The quantitative estimate of drug-likeness (QED) is 0.530. The van der Waals surface area contributed by atoms with Crippen LogP contribution in [0.15, 0.2) is 0 Å². The highest BCUT2D eigenvalue weighted by molar-refractivity contribution is 5.86. The van der Waals surface area contributed by atoms with Gasteiger partial charge >= 0.3 is 12.0 Å². The van der Waals surface area contributed by atoms with Crippen LogP contribution in [0, 0.1) is 0 Å². The molecule has 0 heterocycles. The Hall–Kier alpha value is -1.79. The maximum atomic E-state index is 11.6. The van der Waals surface area contributed by atoms with Crippen molar-refractivity contribution in [1.29, 1.82) is 0 Å². The number of urea groups is 1. The van der Waals surface area contributed by atoms with Gasteiger partial charge in [-0.15, -0.1) is 0 Å². The van der Waals surface area contributed by atoms with Crippen molar-refractivity contribution in [1.82, 2.24) is 16.0 Å². The van der Waals surface area contributed by atoms with Crippen LogP contribution in [0.2, 0.25) is 0 Å². The molecule has 0 saturated heterocycles. The molecule has 7 heteroatoms. The third-order valence-corrected chi connectivity index (χ3v) is 3.23. The molecule has 0 rings (SSSR count). The fourth-order valence-electron chi connectivity index (χ4n) is 1.33. The minimum absolute atomic E-state index is 0.103. The molecule has 0 aliphatic rings. The number of carboxylic acid groups (broad SMARTS) is 1. The van der Waals surface area contributed by atoms with Crippen molar-refractivity contribution in [3.05, 3.63) is 0 Å². The summed E-state index contributed by atoms with van der Waals surface area (Å²) < 4.78 is 0. The lowest BCUT2D eigenvalue weighted by molar-refractivity contribution is -0.143. The number of rotatable bonds is 8. The van der Waals surface area contributed by atoms with E-state index in [1.165, 1.54) is 6.92 Å². The highest BCUT2D eigenvalue weighted by atomic mass is 16.4. The molecule has 0 fully saturated rings. The second-order valence-corrected chi connectivity index (χ2v) is 5.00. The van der Waals surface area contributed by atoms with Crippen LogP contribution in [-0.2, 0) is 9.59 Å².